The topological polar surface area (TPSA) is 83.3 Å². The predicted octanol–water partition coefficient (Wildman–Crippen LogP) is 1.55. The Kier molecular flexibility index (Phi) is 2.51. The number of carbonyl (C=O) groups is 1. The largest absolute Gasteiger partial charge is 0.506 e. The van der Waals surface area contributed by atoms with E-state index < -0.39 is 5.97 Å². The number of hydrogen-bond acceptors (Lipinski definition) is 4. The quantitative estimate of drug-likeness (QED) is 0.795. The molecule has 0 aliphatic rings. The second-order valence-electron chi connectivity index (χ2n) is 3.12. The molecule has 0 fully saturated rings. The first kappa shape index (κ1) is 10.1. The molecule has 0 aliphatic heterocycles. The SMILES string of the molecule is O=C(O)c1cnccc1-c1ccncc1O. The molecule has 2 rings (SSSR count). The molecule has 2 heterocycles. The summed E-state index contributed by atoms with van der Waals surface area (Å²) in [4.78, 5) is 18.4. The van der Waals surface area contributed by atoms with Crippen molar-refractivity contribution in [1.29, 1.82) is 0 Å². The fraction of sp³-hybridized carbons (Fsp3) is 0. The number of carboxylic acids is 1. The minimum Gasteiger partial charge on any atom is -0.506 e. The van der Waals surface area contributed by atoms with Crippen molar-refractivity contribution in [3.8, 4) is 16.9 Å². The van der Waals surface area contributed by atoms with Crippen LogP contribution in [0.15, 0.2) is 36.9 Å². The van der Waals surface area contributed by atoms with E-state index in [1.807, 2.05) is 0 Å². The van der Waals surface area contributed by atoms with Crippen LogP contribution in [-0.2, 0) is 0 Å². The lowest BCUT2D eigenvalue weighted by Crippen LogP contribution is -2.00. The molecule has 0 atom stereocenters. The van der Waals surface area contributed by atoms with Crippen LogP contribution < -0.4 is 0 Å². The summed E-state index contributed by atoms with van der Waals surface area (Å²) in [6.07, 6.45) is 5.47. The van der Waals surface area contributed by atoms with Gasteiger partial charge in [0.15, 0.2) is 0 Å². The van der Waals surface area contributed by atoms with Gasteiger partial charge in [-0.1, -0.05) is 0 Å². The Balaban J connectivity index is 2.65. The van der Waals surface area contributed by atoms with E-state index in [1.165, 1.54) is 24.8 Å². The molecule has 0 amide bonds. The van der Waals surface area contributed by atoms with Crippen LogP contribution in [0.3, 0.4) is 0 Å². The van der Waals surface area contributed by atoms with Crippen LogP contribution in [0.2, 0.25) is 0 Å². The molecule has 5 nitrogen and oxygen atoms in total. The van der Waals surface area contributed by atoms with Crippen molar-refractivity contribution in [3.63, 3.8) is 0 Å². The molecule has 16 heavy (non-hydrogen) atoms. The van der Waals surface area contributed by atoms with E-state index in [9.17, 15) is 9.90 Å². The normalized spacial score (nSPS) is 10.0. The highest BCUT2D eigenvalue weighted by molar-refractivity contribution is 5.96. The van der Waals surface area contributed by atoms with Gasteiger partial charge >= 0.3 is 5.97 Å². The van der Waals surface area contributed by atoms with E-state index in [0.29, 0.717) is 11.1 Å². The third kappa shape index (κ3) is 1.70. The number of carboxylic acid groups (broad SMARTS) is 1. The number of rotatable bonds is 2. The summed E-state index contributed by atoms with van der Waals surface area (Å²) in [5.41, 5.74) is 0.890. The Bertz CT molecular complexity index is 540. The fourth-order valence-corrected chi connectivity index (χ4v) is 1.41. The van der Waals surface area contributed by atoms with E-state index in [2.05, 4.69) is 9.97 Å². The molecule has 2 aromatic heterocycles. The van der Waals surface area contributed by atoms with E-state index >= 15 is 0 Å². The molecule has 0 aromatic carbocycles. The van der Waals surface area contributed by atoms with Crippen molar-refractivity contribution in [2.24, 2.45) is 0 Å². The fourth-order valence-electron chi connectivity index (χ4n) is 1.41. The molecule has 0 radical (unpaired) electrons. The van der Waals surface area contributed by atoms with E-state index in [1.54, 1.807) is 12.1 Å². The van der Waals surface area contributed by atoms with Gasteiger partial charge in [0.2, 0.25) is 0 Å². The Morgan fingerprint density at radius 2 is 1.69 bits per heavy atom. The van der Waals surface area contributed by atoms with Gasteiger partial charge in [-0.15, -0.1) is 0 Å². The minimum absolute atomic E-state index is 0.0454. The summed E-state index contributed by atoms with van der Waals surface area (Å²) in [6.45, 7) is 0. The lowest BCUT2D eigenvalue weighted by molar-refractivity contribution is 0.0697. The Morgan fingerprint density at radius 3 is 2.31 bits per heavy atom. The average Bonchev–Trinajstić information content (AvgIpc) is 2.29. The molecular formula is C11H8N2O3. The lowest BCUT2D eigenvalue weighted by atomic mass is 10.0. The Labute approximate surface area is 91.0 Å². The lowest BCUT2D eigenvalue weighted by Gasteiger charge is -2.06. The molecule has 0 bridgehead atoms. The van der Waals surface area contributed by atoms with E-state index in [-0.39, 0.29) is 11.3 Å². The molecule has 0 unspecified atom stereocenters. The first-order valence-electron chi connectivity index (χ1n) is 4.51. The first-order valence-corrected chi connectivity index (χ1v) is 4.51. The summed E-state index contributed by atoms with van der Waals surface area (Å²) in [5.74, 6) is -1.14. The number of nitrogens with zero attached hydrogens (tertiary/aromatic N) is 2. The van der Waals surface area contributed by atoms with Crippen molar-refractivity contribution in [2.45, 2.75) is 0 Å². The number of aromatic carboxylic acids is 1. The van der Waals surface area contributed by atoms with E-state index in [0.717, 1.165) is 0 Å². The summed E-state index contributed by atoms with van der Waals surface area (Å²) in [7, 11) is 0. The standard InChI is InChI=1S/C11H8N2O3/c14-10-6-13-4-2-8(10)7-1-3-12-5-9(7)11(15)16/h1-6,14H,(H,15,16). The van der Waals surface area contributed by atoms with Crippen molar-refractivity contribution in [3.05, 3.63) is 42.5 Å². The second kappa shape index (κ2) is 3.98. The maximum atomic E-state index is 11.0. The molecule has 2 N–H and O–H groups in total. The van der Waals surface area contributed by atoms with Gasteiger partial charge in [-0.3, -0.25) is 9.97 Å². The Hall–Kier alpha value is -2.43. The first-order chi connectivity index (χ1) is 7.70. The van der Waals surface area contributed by atoms with Gasteiger partial charge in [0, 0.05) is 29.7 Å². The molecule has 0 saturated carbocycles. The van der Waals surface area contributed by atoms with E-state index in [4.69, 9.17) is 5.11 Å². The third-order valence-electron chi connectivity index (χ3n) is 2.14. The monoisotopic (exact) mass is 216 g/mol. The van der Waals surface area contributed by atoms with Gasteiger partial charge in [-0.25, -0.2) is 4.79 Å². The average molecular weight is 216 g/mol. The van der Waals surface area contributed by atoms with Gasteiger partial charge in [0.05, 0.1) is 11.8 Å². The highest BCUT2D eigenvalue weighted by Crippen LogP contribution is 2.29. The maximum Gasteiger partial charge on any atom is 0.337 e. The molecule has 0 spiro atoms. The summed E-state index contributed by atoms with van der Waals surface area (Å²) >= 11 is 0. The third-order valence-corrected chi connectivity index (χ3v) is 2.14. The molecule has 2 aromatic rings. The number of aromatic nitrogens is 2. The summed E-state index contributed by atoms with van der Waals surface area (Å²) in [6, 6.07) is 3.09. The van der Waals surface area contributed by atoms with Crippen LogP contribution in [0, 0.1) is 0 Å². The van der Waals surface area contributed by atoms with Gasteiger partial charge in [0.1, 0.15) is 5.75 Å². The maximum absolute atomic E-state index is 11.0. The highest BCUT2D eigenvalue weighted by atomic mass is 16.4. The second-order valence-corrected chi connectivity index (χ2v) is 3.12. The number of pyridine rings is 2. The summed E-state index contributed by atoms with van der Waals surface area (Å²) < 4.78 is 0. The van der Waals surface area contributed by atoms with Crippen molar-refractivity contribution in [2.75, 3.05) is 0 Å². The van der Waals surface area contributed by atoms with Crippen molar-refractivity contribution in [1.82, 2.24) is 9.97 Å². The minimum atomic E-state index is -1.08. The van der Waals surface area contributed by atoms with Crippen LogP contribution >= 0.6 is 0 Å². The van der Waals surface area contributed by atoms with Crippen LogP contribution in [0.25, 0.3) is 11.1 Å². The van der Waals surface area contributed by atoms with Crippen LogP contribution in [0.5, 0.6) is 5.75 Å². The molecular weight excluding hydrogens is 208 g/mol. The Morgan fingerprint density at radius 1 is 1.06 bits per heavy atom. The zero-order valence-electron chi connectivity index (χ0n) is 8.16. The zero-order valence-corrected chi connectivity index (χ0v) is 8.16. The predicted molar refractivity (Wildman–Crippen MR) is 56.1 cm³/mol. The smallest absolute Gasteiger partial charge is 0.337 e. The van der Waals surface area contributed by atoms with Gasteiger partial charge in [-0.2, -0.15) is 0 Å². The van der Waals surface area contributed by atoms with Gasteiger partial charge in [-0.05, 0) is 12.1 Å². The molecule has 0 saturated heterocycles. The van der Waals surface area contributed by atoms with Crippen LogP contribution in [0.4, 0.5) is 0 Å². The number of aromatic hydroxyl groups is 1. The molecule has 80 valence electrons. The van der Waals surface area contributed by atoms with Crippen molar-refractivity contribution < 1.29 is 15.0 Å². The van der Waals surface area contributed by atoms with Crippen molar-refractivity contribution >= 4 is 5.97 Å². The van der Waals surface area contributed by atoms with Gasteiger partial charge in [0.25, 0.3) is 0 Å². The van der Waals surface area contributed by atoms with Gasteiger partial charge < -0.3 is 10.2 Å². The van der Waals surface area contributed by atoms with Crippen LogP contribution in [0.1, 0.15) is 10.4 Å². The molecule has 5 heteroatoms. The zero-order chi connectivity index (χ0) is 11.5. The van der Waals surface area contributed by atoms with Crippen LogP contribution in [-0.4, -0.2) is 26.2 Å². The molecule has 0 aliphatic carbocycles. The summed E-state index contributed by atoms with van der Waals surface area (Å²) in [5, 5.41) is 18.6. The number of hydrogen-bond donors (Lipinski definition) is 2. The highest BCUT2D eigenvalue weighted by Gasteiger charge is 2.13.